The van der Waals surface area contributed by atoms with Crippen LogP contribution in [0, 0.1) is 11.3 Å². The number of rotatable bonds is 8. The normalized spacial score (nSPS) is 14.9. The molecule has 0 aliphatic rings. The summed E-state index contributed by atoms with van der Waals surface area (Å²) in [6, 6.07) is 0.175. The molecule has 0 rings (SSSR count). The molecule has 0 fully saturated rings. The maximum Gasteiger partial charge on any atom is 0.224 e. The molecule has 0 aliphatic heterocycles. The maximum atomic E-state index is 11.8. The molecule has 18 heavy (non-hydrogen) atoms. The third-order valence-corrected chi connectivity index (χ3v) is 3.12. The van der Waals surface area contributed by atoms with E-state index >= 15 is 0 Å². The number of carbonyl (C=O) groups is 2. The Kier molecular flexibility index (Phi) is 6.91. The molecule has 0 bridgehead atoms. The highest BCUT2D eigenvalue weighted by molar-refractivity contribution is 5.82. The Morgan fingerprint density at radius 1 is 1.22 bits per heavy atom. The highest BCUT2D eigenvalue weighted by atomic mass is 16.2. The van der Waals surface area contributed by atoms with Crippen LogP contribution >= 0.6 is 0 Å². The van der Waals surface area contributed by atoms with E-state index in [1.54, 1.807) is 13.8 Å². The van der Waals surface area contributed by atoms with Crippen LogP contribution in [0.4, 0.5) is 0 Å². The average molecular weight is 257 g/mol. The van der Waals surface area contributed by atoms with E-state index in [0.717, 1.165) is 19.3 Å². The molecular weight excluding hydrogens is 230 g/mol. The van der Waals surface area contributed by atoms with E-state index in [9.17, 15) is 9.59 Å². The number of nitrogens with two attached hydrogens (primary N) is 2. The summed E-state index contributed by atoms with van der Waals surface area (Å²) in [5, 5.41) is 2.77. The van der Waals surface area contributed by atoms with Crippen molar-refractivity contribution in [3.8, 4) is 0 Å². The van der Waals surface area contributed by atoms with Gasteiger partial charge in [-0.1, -0.05) is 13.3 Å². The molecule has 5 heteroatoms. The zero-order valence-electron chi connectivity index (χ0n) is 12.0. The van der Waals surface area contributed by atoms with Crippen LogP contribution in [0.5, 0.6) is 0 Å². The lowest BCUT2D eigenvalue weighted by atomic mass is 9.92. The molecule has 2 amide bonds. The number of carbonyl (C=O) groups excluding carboxylic acids is 2. The second-order valence-electron chi connectivity index (χ2n) is 5.78. The van der Waals surface area contributed by atoms with E-state index < -0.39 is 11.3 Å². The molecule has 106 valence electrons. The predicted octanol–water partition coefficient (Wildman–Crippen LogP) is 0.768. The molecular formula is C13H27N3O2. The Bertz CT molecular complexity index is 288. The van der Waals surface area contributed by atoms with E-state index in [1.807, 2.05) is 13.8 Å². The first-order valence-electron chi connectivity index (χ1n) is 6.50. The van der Waals surface area contributed by atoms with Crippen molar-refractivity contribution in [1.82, 2.24) is 5.32 Å². The van der Waals surface area contributed by atoms with Crippen molar-refractivity contribution in [3.05, 3.63) is 0 Å². The van der Waals surface area contributed by atoms with Crippen LogP contribution in [0.3, 0.4) is 0 Å². The second kappa shape index (κ2) is 7.36. The highest BCUT2D eigenvalue weighted by Crippen LogP contribution is 2.13. The van der Waals surface area contributed by atoms with Crippen molar-refractivity contribution >= 4 is 11.8 Å². The minimum atomic E-state index is -0.707. The Morgan fingerprint density at radius 3 is 2.22 bits per heavy atom. The molecule has 0 saturated carbocycles. The topological polar surface area (TPSA) is 98.2 Å². The molecule has 2 unspecified atom stereocenters. The van der Waals surface area contributed by atoms with Crippen LogP contribution in [-0.4, -0.2) is 24.4 Å². The molecule has 0 saturated heterocycles. The Labute approximate surface area is 110 Å². The largest absolute Gasteiger partial charge is 0.369 e. The van der Waals surface area contributed by atoms with E-state index in [0.29, 0.717) is 0 Å². The van der Waals surface area contributed by atoms with Gasteiger partial charge in [-0.15, -0.1) is 0 Å². The van der Waals surface area contributed by atoms with Crippen molar-refractivity contribution < 1.29 is 9.59 Å². The summed E-state index contributed by atoms with van der Waals surface area (Å²) in [6.45, 7) is 7.56. The molecule has 0 spiro atoms. The van der Waals surface area contributed by atoms with Crippen LogP contribution in [0.2, 0.25) is 0 Å². The molecule has 2 atom stereocenters. The number of hydrogen-bond acceptors (Lipinski definition) is 3. The summed E-state index contributed by atoms with van der Waals surface area (Å²) in [5.74, 6) is -0.506. The molecule has 5 nitrogen and oxygen atoms in total. The quantitative estimate of drug-likeness (QED) is 0.599. The maximum absolute atomic E-state index is 11.8. The van der Waals surface area contributed by atoms with Gasteiger partial charge in [-0.05, 0) is 33.6 Å². The standard InChI is InChI=1S/C13H27N3O2/c1-9(6-5-7-10(2)14)11(17)16-8-13(3,4)12(15)18/h9-10H,5-8,14H2,1-4H3,(H2,15,18)(H,16,17). The predicted molar refractivity (Wildman–Crippen MR) is 72.6 cm³/mol. The molecule has 0 radical (unpaired) electrons. The van der Waals surface area contributed by atoms with Gasteiger partial charge >= 0.3 is 0 Å². The minimum absolute atomic E-state index is 0.0333. The average Bonchev–Trinajstić information content (AvgIpc) is 2.25. The van der Waals surface area contributed by atoms with Gasteiger partial charge in [0.1, 0.15) is 0 Å². The van der Waals surface area contributed by atoms with Crippen LogP contribution in [0.25, 0.3) is 0 Å². The summed E-state index contributed by atoms with van der Waals surface area (Å²) >= 11 is 0. The Balaban J connectivity index is 3.98. The first-order chi connectivity index (χ1) is 8.16. The van der Waals surface area contributed by atoms with Crippen molar-refractivity contribution in [1.29, 1.82) is 0 Å². The van der Waals surface area contributed by atoms with Crippen LogP contribution in [-0.2, 0) is 9.59 Å². The van der Waals surface area contributed by atoms with Crippen LogP contribution in [0.1, 0.15) is 47.0 Å². The van der Waals surface area contributed by atoms with E-state index in [1.165, 1.54) is 0 Å². The third kappa shape index (κ3) is 6.59. The zero-order valence-corrected chi connectivity index (χ0v) is 12.0. The molecule has 0 heterocycles. The fourth-order valence-electron chi connectivity index (χ4n) is 1.45. The smallest absolute Gasteiger partial charge is 0.224 e. The van der Waals surface area contributed by atoms with E-state index in [2.05, 4.69) is 5.32 Å². The van der Waals surface area contributed by atoms with Crippen molar-refractivity contribution in [3.63, 3.8) is 0 Å². The van der Waals surface area contributed by atoms with Gasteiger partial charge in [0, 0.05) is 18.5 Å². The first kappa shape index (κ1) is 16.9. The summed E-state index contributed by atoms with van der Waals surface area (Å²) in [4.78, 5) is 22.9. The summed E-state index contributed by atoms with van der Waals surface area (Å²) in [5.41, 5.74) is 10.2. The number of primary amides is 1. The number of nitrogens with one attached hydrogen (secondary N) is 1. The van der Waals surface area contributed by atoms with Gasteiger partial charge in [-0.3, -0.25) is 9.59 Å². The summed E-state index contributed by atoms with van der Waals surface area (Å²) in [7, 11) is 0. The first-order valence-corrected chi connectivity index (χ1v) is 6.50. The van der Waals surface area contributed by atoms with Gasteiger partial charge in [0.05, 0.1) is 5.41 Å². The molecule has 0 aliphatic carbocycles. The third-order valence-electron chi connectivity index (χ3n) is 3.12. The van der Waals surface area contributed by atoms with Gasteiger partial charge in [0.15, 0.2) is 0 Å². The van der Waals surface area contributed by atoms with Crippen molar-refractivity contribution in [2.75, 3.05) is 6.54 Å². The molecule has 0 aromatic carbocycles. The Hall–Kier alpha value is -1.10. The van der Waals surface area contributed by atoms with Crippen LogP contribution < -0.4 is 16.8 Å². The van der Waals surface area contributed by atoms with Gasteiger partial charge in [-0.25, -0.2) is 0 Å². The lowest BCUT2D eigenvalue weighted by Crippen LogP contribution is -2.43. The summed E-state index contributed by atoms with van der Waals surface area (Å²) in [6.07, 6.45) is 2.67. The fraction of sp³-hybridized carbons (Fsp3) is 0.846. The van der Waals surface area contributed by atoms with Crippen molar-refractivity contribution in [2.24, 2.45) is 22.8 Å². The van der Waals surface area contributed by atoms with Gasteiger partial charge in [-0.2, -0.15) is 0 Å². The molecule has 5 N–H and O–H groups in total. The molecule has 0 aromatic heterocycles. The second-order valence-corrected chi connectivity index (χ2v) is 5.78. The minimum Gasteiger partial charge on any atom is -0.369 e. The Morgan fingerprint density at radius 2 is 1.78 bits per heavy atom. The van der Waals surface area contributed by atoms with Gasteiger partial charge in [0.2, 0.25) is 11.8 Å². The van der Waals surface area contributed by atoms with E-state index in [4.69, 9.17) is 11.5 Å². The molecule has 0 aromatic rings. The lowest BCUT2D eigenvalue weighted by Gasteiger charge is -2.22. The number of hydrogen-bond donors (Lipinski definition) is 3. The lowest BCUT2D eigenvalue weighted by molar-refractivity contribution is -0.128. The van der Waals surface area contributed by atoms with Gasteiger partial charge in [0.25, 0.3) is 0 Å². The van der Waals surface area contributed by atoms with Gasteiger partial charge < -0.3 is 16.8 Å². The van der Waals surface area contributed by atoms with E-state index in [-0.39, 0.29) is 24.4 Å². The van der Waals surface area contributed by atoms with Crippen molar-refractivity contribution in [2.45, 2.75) is 53.0 Å². The SMILES string of the molecule is CC(N)CCCC(C)C(=O)NCC(C)(C)C(N)=O. The fourth-order valence-corrected chi connectivity index (χ4v) is 1.45. The van der Waals surface area contributed by atoms with Crippen LogP contribution in [0.15, 0.2) is 0 Å². The highest BCUT2D eigenvalue weighted by Gasteiger charge is 2.26. The summed E-state index contributed by atoms with van der Waals surface area (Å²) < 4.78 is 0. The zero-order chi connectivity index (χ0) is 14.3. The monoisotopic (exact) mass is 257 g/mol. The number of amides is 2.